The van der Waals surface area contributed by atoms with Gasteiger partial charge >= 0.3 is 0 Å². The third-order valence-electron chi connectivity index (χ3n) is 4.29. The number of rotatable bonds is 5. The molecule has 2 N–H and O–H groups in total. The zero-order valence-corrected chi connectivity index (χ0v) is 13.0. The van der Waals surface area contributed by atoms with Crippen LogP contribution in [0.4, 0.5) is 0 Å². The smallest absolute Gasteiger partial charge is 0.183 e. The molecule has 4 nitrogen and oxygen atoms in total. The molecule has 0 aromatic heterocycles. The molecule has 0 unspecified atom stereocenters. The Morgan fingerprint density at radius 3 is 2.15 bits per heavy atom. The third kappa shape index (κ3) is 2.31. The maximum absolute atomic E-state index is 6.42. The number of nitrogens with two attached hydrogens (primary N) is 1. The Balaban J connectivity index is 2.65. The lowest BCUT2D eigenvalue weighted by molar-refractivity contribution is 0.339. The summed E-state index contributed by atoms with van der Waals surface area (Å²) in [4.78, 5) is 0. The van der Waals surface area contributed by atoms with Gasteiger partial charge in [-0.05, 0) is 18.9 Å². The Bertz CT molecular complexity index is 484. The number of methoxy groups -OCH3 is 3. The topological polar surface area (TPSA) is 53.7 Å². The summed E-state index contributed by atoms with van der Waals surface area (Å²) in [6, 6.07) is 1.96. The van der Waals surface area contributed by atoms with Crippen molar-refractivity contribution in [2.45, 2.75) is 31.1 Å². The molecule has 5 heteroatoms. The zero-order valence-electron chi connectivity index (χ0n) is 12.3. The molecule has 1 aliphatic rings. The quantitative estimate of drug-likeness (QED) is 0.907. The number of hydrogen-bond donors (Lipinski definition) is 1. The van der Waals surface area contributed by atoms with Gasteiger partial charge in [0.2, 0.25) is 0 Å². The van der Waals surface area contributed by atoms with Crippen LogP contribution in [0, 0.1) is 0 Å². The zero-order chi connectivity index (χ0) is 14.8. The minimum absolute atomic E-state index is 0.0749. The van der Waals surface area contributed by atoms with E-state index in [1.165, 1.54) is 12.8 Å². The third-order valence-corrected chi connectivity index (χ3v) is 4.64. The second kappa shape index (κ2) is 6.10. The predicted molar refractivity (Wildman–Crippen MR) is 80.3 cm³/mol. The first-order valence-electron chi connectivity index (χ1n) is 6.82. The van der Waals surface area contributed by atoms with Gasteiger partial charge in [-0.1, -0.05) is 24.4 Å². The van der Waals surface area contributed by atoms with Gasteiger partial charge in [0.05, 0.1) is 21.3 Å². The van der Waals surface area contributed by atoms with Gasteiger partial charge in [-0.3, -0.25) is 0 Å². The van der Waals surface area contributed by atoms with Crippen LogP contribution in [0.1, 0.15) is 31.2 Å². The fourth-order valence-corrected chi connectivity index (χ4v) is 3.51. The van der Waals surface area contributed by atoms with Crippen LogP contribution in [-0.2, 0) is 5.41 Å². The Kier molecular flexibility index (Phi) is 4.66. The van der Waals surface area contributed by atoms with Crippen molar-refractivity contribution in [3.8, 4) is 17.2 Å². The van der Waals surface area contributed by atoms with Crippen molar-refractivity contribution in [3.05, 3.63) is 16.7 Å². The molecule has 1 aromatic rings. The molecule has 0 atom stereocenters. The van der Waals surface area contributed by atoms with Crippen LogP contribution in [0.3, 0.4) is 0 Å². The summed E-state index contributed by atoms with van der Waals surface area (Å²) in [6.45, 7) is 0.579. The molecule has 20 heavy (non-hydrogen) atoms. The van der Waals surface area contributed by atoms with Gasteiger partial charge in [0.1, 0.15) is 10.8 Å². The molecule has 1 aromatic carbocycles. The molecule has 0 amide bonds. The minimum Gasteiger partial charge on any atom is -0.495 e. The van der Waals surface area contributed by atoms with Crippen LogP contribution in [-0.4, -0.2) is 27.9 Å². The Labute approximate surface area is 125 Å². The first-order valence-corrected chi connectivity index (χ1v) is 7.20. The number of hydrogen-bond acceptors (Lipinski definition) is 4. The van der Waals surface area contributed by atoms with Crippen molar-refractivity contribution in [2.75, 3.05) is 27.9 Å². The van der Waals surface area contributed by atoms with Gasteiger partial charge in [-0.15, -0.1) is 0 Å². The van der Waals surface area contributed by atoms with E-state index >= 15 is 0 Å². The lowest BCUT2D eigenvalue weighted by atomic mass is 9.78. The highest BCUT2D eigenvalue weighted by Crippen LogP contribution is 2.51. The van der Waals surface area contributed by atoms with Gasteiger partial charge in [-0.2, -0.15) is 0 Å². The maximum atomic E-state index is 6.42. The summed E-state index contributed by atoms with van der Waals surface area (Å²) < 4.78 is 16.3. The van der Waals surface area contributed by atoms with E-state index in [1.807, 2.05) is 6.07 Å². The van der Waals surface area contributed by atoms with Crippen LogP contribution in [0.15, 0.2) is 6.07 Å². The summed E-state index contributed by atoms with van der Waals surface area (Å²) in [7, 11) is 4.79. The van der Waals surface area contributed by atoms with Crippen molar-refractivity contribution >= 4 is 11.6 Å². The highest BCUT2D eigenvalue weighted by atomic mass is 35.5. The van der Waals surface area contributed by atoms with E-state index in [1.54, 1.807) is 21.3 Å². The molecular weight excluding hydrogens is 278 g/mol. The largest absolute Gasteiger partial charge is 0.495 e. The monoisotopic (exact) mass is 299 g/mol. The van der Waals surface area contributed by atoms with Crippen molar-refractivity contribution < 1.29 is 14.2 Å². The minimum atomic E-state index is -0.0749. The predicted octanol–water partition coefficient (Wildman–Crippen LogP) is 3.14. The second-order valence-corrected chi connectivity index (χ2v) is 5.58. The van der Waals surface area contributed by atoms with E-state index in [4.69, 9.17) is 31.5 Å². The second-order valence-electron chi connectivity index (χ2n) is 5.20. The van der Waals surface area contributed by atoms with Crippen LogP contribution in [0.5, 0.6) is 17.2 Å². The lowest BCUT2D eigenvalue weighted by Gasteiger charge is -2.31. The summed E-state index contributed by atoms with van der Waals surface area (Å²) in [5, 5.41) is 0.448. The molecule has 0 aliphatic heterocycles. The van der Waals surface area contributed by atoms with E-state index in [9.17, 15) is 0 Å². The van der Waals surface area contributed by atoms with E-state index in [2.05, 4.69) is 0 Å². The standard InChI is InChI=1S/C15H22ClNO3/c1-18-11-8-10(15(9-17)6-4-5-7-15)13(19-2)12(16)14(11)20-3/h8H,4-7,9,17H2,1-3H3. The van der Waals surface area contributed by atoms with Gasteiger partial charge in [0.15, 0.2) is 11.5 Å². The molecule has 112 valence electrons. The highest BCUT2D eigenvalue weighted by molar-refractivity contribution is 6.34. The van der Waals surface area contributed by atoms with E-state index in [-0.39, 0.29) is 5.41 Å². The number of halogens is 1. The fraction of sp³-hybridized carbons (Fsp3) is 0.600. The molecule has 1 fully saturated rings. The first kappa shape index (κ1) is 15.3. The molecule has 0 spiro atoms. The Morgan fingerprint density at radius 2 is 1.70 bits per heavy atom. The SMILES string of the molecule is COc1cc(C2(CN)CCCC2)c(OC)c(Cl)c1OC. The fourth-order valence-electron chi connectivity index (χ4n) is 3.16. The van der Waals surface area contributed by atoms with Crippen molar-refractivity contribution in [1.29, 1.82) is 0 Å². The molecular formula is C15H22ClNO3. The summed E-state index contributed by atoms with van der Waals surface area (Å²) in [5.41, 5.74) is 7.02. The normalized spacial score (nSPS) is 17.1. The molecule has 0 heterocycles. The van der Waals surface area contributed by atoms with Gasteiger partial charge in [-0.25, -0.2) is 0 Å². The maximum Gasteiger partial charge on any atom is 0.183 e. The average Bonchev–Trinajstić information content (AvgIpc) is 2.96. The molecule has 0 saturated heterocycles. The van der Waals surface area contributed by atoms with E-state index < -0.39 is 0 Å². The Hall–Kier alpha value is -1.13. The van der Waals surface area contributed by atoms with Crippen molar-refractivity contribution in [3.63, 3.8) is 0 Å². The lowest BCUT2D eigenvalue weighted by Crippen LogP contribution is -2.32. The van der Waals surface area contributed by atoms with E-state index in [0.717, 1.165) is 18.4 Å². The van der Waals surface area contributed by atoms with Gasteiger partial charge < -0.3 is 19.9 Å². The first-order chi connectivity index (χ1) is 9.63. The van der Waals surface area contributed by atoms with Crippen LogP contribution in [0.2, 0.25) is 5.02 Å². The molecule has 2 rings (SSSR count). The van der Waals surface area contributed by atoms with Gasteiger partial charge in [0, 0.05) is 17.5 Å². The van der Waals surface area contributed by atoms with Crippen LogP contribution in [0.25, 0.3) is 0 Å². The molecule has 0 bridgehead atoms. The summed E-state index contributed by atoms with van der Waals surface area (Å²) in [5.74, 6) is 1.77. The van der Waals surface area contributed by atoms with Crippen molar-refractivity contribution in [2.24, 2.45) is 5.73 Å². The molecule has 1 aliphatic carbocycles. The summed E-state index contributed by atoms with van der Waals surface area (Å²) >= 11 is 6.42. The highest BCUT2D eigenvalue weighted by Gasteiger charge is 2.38. The van der Waals surface area contributed by atoms with Crippen LogP contribution >= 0.6 is 11.6 Å². The number of benzene rings is 1. The van der Waals surface area contributed by atoms with Crippen LogP contribution < -0.4 is 19.9 Å². The van der Waals surface area contributed by atoms with Gasteiger partial charge in [0.25, 0.3) is 0 Å². The van der Waals surface area contributed by atoms with Crippen molar-refractivity contribution in [1.82, 2.24) is 0 Å². The Morgan fingerprint density at radius 1 is 1.10 bits per heavy atom. The molecule has 1 saturated carbocycles. The number of ether oxygens (including phenoxy) is 3. The summed E-state index contributed by atoms with van der Waals surface area (Å²) in [6.07, 6.45) is 4.44. The van der Waals surface area contributed by atoms with E-state index in [0.29, 0.717) is 28.8 Å². The molecule has 0 radical (unpaired) electrons. The average molecular weight is 300 g/mol.